The van der Waals surface area contributed by atoms with Crippen molar-refractivity contribution >= 4 is 76.6 Å². The minimum Gasteiger partial charge on any atom is -0.341 e. The fourth-order valence-electron chi connectivity index (χ4n) is 11.2. The lowest BCUT2D eigenvalue weighted by Gasteiger charge is -2.32. The quantitative estimate of drug-likeness (QED) is 0.126. The lowest BCUT2D eigenvalue weighted by Crippen LogP contribution is -2.24. The Labute approximate surface area is 374 Å². The standard InChI is InChI=1S/C62H46N2/c1-2-16-46-37-48(30-25-41(46)13-1)62-55-34-32-49(63-35-11-18-43-14-4-9-23-59(43)63)39-57(55)61(54-33-31-50(40-58(54)62)64-36-12-19-44-15-5-10-24-60(44)64)45-28-26-42(27-29-45)56-38-47-17-3-6-20-51(47)52-21-7-8-22-53(52)56/h1-10,13-17,20-34,37-40H,11-12,18-19,35-36H2. The molecule has 0 radical (unpaired) electrons. The van der Waals surface area contributed by atoms with Crippen molar-refractivity contribution in [1.29, 1.82) is 0 Å². The topological polar surface area (TPSA) is 6.48 Å². The van der Waals surface area contributed by atoms with Gasteiger partial charge in [0.1, 0.15) is 0 Å². The van der Waals surface area contributed by atoms with E-state index in [4.69, 9.17) is 0 Å². The summed E-state index contributed by atoms with van der Waals surface area (Å²) >= 11 is 0. The third-order valence-corrected chi connectivity index (χ3v) is 14.2. The maximum atomic E-state index is 2.55. The number of benzene rings is 11. The minimum atomic E-state index is 0.998. The van der Waals surface area contributed by atoms with Crippen molar-refractivity contribution in [2.75, 3.05) is 22.9 Å². The number of aryl methyl sites for hydroxylation is 2. The van der Waals surface area contributed by atoms with Crippen molar-refractivity contribution < 1.29 is 0 Å². The van der Waals surface area contributed by atoms with Gasteiger partial charge in [-0.15, -0.1) is 0 Å². The Kier molecular flexibility index (Phi) is 8.65. The summed E-state index contributed by atoms with van der Waals surface area (Å²) in [4.78, 5) is 5.10. The third kappa shape index (κ3) is 6.01. The molecule has 2 heterocycles. The molecule has 64 heavy (non-hydrogen) atoms. The maximum Gasteiger partial charge on any atom is 0.0443 e. The number of fused-ring (bicyclic) bond motifs is 8. The van der Waals surface area contributed by atoms with Crippen LogP contribution in [0.15, 0.2) is 206 Å². The van der Waals surface area contributed by atoms with Crippen LogP contribution in [0.1, 0.15) is 24.0 Å². The fraction of sp³-hybridized carbons (Fsp3) is 0.0968. The van der Waals surface area contributed by atoms with Crippen molar-refractivity contribution in [2.24, 2.45) is 0 Å². The lowest BCUT2D eigenvalue weighted by atomic mass is 9.84. The molecule has 2 aliphatic heterocycles. The smallest absolute Gasteiger partial charge is 0.0443 e. The molecule has 0 fully saturated rings. The number of hydrogen-bond donors (Lipinski definition) is 0. The number of hydrogen-bond acceptors (Lipinski definition) is 2. The highest BCUT2D eigenvalue weighted by molar-refractivity contribution is 6.23. The van der Waals surface area contributed by atoms with Gasteiger partial charge in [0.05, 0.1) is 0 Å². The minimum absolute atomic E-state index is 0.998. The highest BCUT2D eigenvalue weighted by Gasteiger charge is 2.24. The predicted molar refractivity (Wildman–Crippen MR) is 274 cm³/mol. The van der Waals surface area contributed by atoms with Crippen LogP contribution in [0.25, 0.3) is 87.2 Å². The molecule has 0 amide bonds. The van der Waals surface area contributed by atoms with Crippen LogP contribution < -0.4 is 9.80 Å². The van der Waals surface area contributed by atoms with Gasteiger partial charge in [-0.2, -0.15) is 0 Å². The first-order valence-electron chi connectivity index (χ1n) is 23.0. The molecule has 2 heteroatoms. The largest absolute Gasteiger partial charge is 0.341 e. The van der Waals surface area contributed by atoms with E-state index >= 15 is 0 Å². The summed E-state index contributed by atoms with van der Waals surface area (Å²) < 4.78 is 0. The first-order valence-corrected chi connectivity index (χ1v) is 23.0. The maximum absolute atomic E-state index is 2.55. The molecule has 0 saturated heterocycles. The monoisotopic (exact) mass is 818 g/mol. The molecule has 0 aromatic heterocycles. The molecule has 0 spiro atoms. The molecule has 0 bridgehead atoms. The van der Waals surface area contributed by atoms with E-state index in [0.29, 0.717) is 0 Å². The van der Waals surface area contributed by atoms with Gasteiger partial charge in [0.25, 0.3) is 0 Å². The average Bonchev–Trinajstić information content (AvgIpc) is 3.37. The van der Waals surface area contributed by atoms with Crippen LogP contribution in [0.5, 0.6) is 0 Å². The van der Waals surface area contributed by atoms with Gasteiger partial charge in [-0.1, -0.05) is 158 Å². The Balaban J connectivity index is 1.08. The van der Waals surface area contributed by atoms with Gasteiger partial charge in [0.15, 0.2) is 0 Å². The number of anilines is 4. The van der Waals surface area contributed by atoms with E-state index in [1.807, 2.05) is 0 Å². The third-order valence-electron chi connectivity index (χ3n) is 14.2. The summed E-state index contributed by atoms with van der Waals surface area (Å²) in [6, 6.07) is 77.8. The molecule has 0 N–H and O–H groups in total. The van der Waals surface area contributed by atoms with Gasteiger partial charge < -0.3 is 9.80 Å². The first kappa shape index (κ1) is 36.9. The van der Waals surface area contributed by atoms with E-state index in [9.17, 15) is 0 Å². The number of rotatable bonds is 5. The van der Waals surface area contributed by atoms with Gasteiger partial charge in [-0.3, -0.25) is 0 Å². The summed E-state index contributed by atoms with van der Waals surface area (Å²) in [6.45, 7) is 2.00. The Hall–Kier alpha value is -7.68. The van der Waals surface area contributed by atoms with Crippen LogP contribution in [0, 0.1) is 0 Å². The molecule has 11 aromatic rings. The van der Waals surface area contributed by atoms with Crippen molar-refractivity contribution in [3.8, 4) is 33.4 Å². The molecule has 0 unspecified atom stereocenters. The summed E-state index contributed by atoms with van der Waals surface area (Å²) in [5.74, 6) is 0. The average molecular weight is 819 g/mol. The van der Waals surface area contributed by atoms with Gasteiger partial charge in [0, 0.05) is 35.8 Å². The second-order valence-electron chi connectivity index (χ2n) is 17.8. The van der Waals surface area contributed by atoms with Gasteiger partial charge in [0.2, 0.25) is 0 Å². The number of nitrogens with zero attached hydrogens (tertiary/aromatic N) is 2. The summed E-state index contributed by atoms with van der Waals surface area (Å²) in [5.41, 5.74) is 15.5. The second kappa shape index (κ2) is 15.0. The van der Waals surface area contributed by atoms with Crippen molar-refractivity contribution in [1.82, 2.24) is 0 Å². The zero-order valence-corrected chi connectivity index (χ0v) is 35.8. The van der Waals surface area contributed by atoms with E-state index in [0.717, 1.165) is 38.8 Å². The Morgan fingerprint density at radius 3 is 1.45 bits per heavy atom. The molecule has 0 aliphatic carbocycles. The zero-order valence-electron chi connectivity index (χ0n) is 35.8. The highest BCUT2D eigenvalue weighted by Crippen LogP contribution is 2.48. The molecular weight excluding hydrogens is 773 g/mol. The summed E-state index contributed by atoms with van der Waals surface area (Å²) in [6.07, 6.45) is 4.50. The first-order chi connectivity index (χ1) is 31.7. The van der Waals surface area contributed by atoms with Crippen LogP contribution in [0.4, 0.5) is 22.7 Å². The molecule has 2 nitrogen and oxygen atoms in total. The Bertz CT molecular complexity index is 3640. The Morgan fingerprint density at radius 1 is 0.297 bits per heavy atom. The molecule has 11 aromatic carbocycles. The summed E-state index contributed by atoms with van der Waals surface area (Å²) in [5, 5.41) is 12.7. The van der Waals surface area contributed by atoms with E-state index < -0.39 is 0 Å². The lowest BCUT2D eigenvalue weighted by molar-refractivity contribution is 0.767. The van der Waals surface area contributed by atoms with E-state index in [1.165, 1.54) is 121 Å². The van der Waals surface area contributed by atoms with Crippen molar-refractivity contribution in [3.63, 3.8) is 0 Å². The van der Waals surface area contributed by atoms with Gasteiger partial charge >= 0.3 is 0 Å². The SMILES string of the molecule is c1ccc2c(c1)CCCN2c1ccc2c(-c3ccc4ccccc4c3)c3cc(N4CCCc5ccccc54)ccc3c(-c3ccc(-c4cc5ccccc5c5ccccc45)cc3)c2c1. The van der Waals surface area contributed by atoms with Crippen molar-refractivity contribution in [3.05, 3.63) is 217 Å². The van der Waals surface area contributed by atoms with Gasteiger partial charge in [-0.25, -0.2) is 0 Å². The molecule has 304 valence electrons. The normalized spacial score (nSPS) is 13.8. The number of para-hydroxylation sites is 2. The zero-order chi connectivity index (χ0) is 42.1. The molecule has 13 rings (SSSR count). The molecule has 0 saturated carbocycles. The van der Waals surface area contributed by atoms with Crippen LogP contribution in [-0.2, 0) is 12.8 Å². The van der Waals surface area contributed by atoms with Crippen molar-refractivity contribution in [2.45, 2.75) is 25.7 Å². The fourth-order valence-corrected chi connectivity index (χ4v) is 11.2. The molecular formula is C62H46N2. The van der Waals surface area contributed by atoms with Gasteiger partial charge in [-0.05, 0) is 173 Å². The molecule has 0 atom stereocenters. The molecule has 2 aliphatic rings. The van der Waals surface area contributed by atoms with Crippen LogP contribution in [-0.4, -0.2) is 13.1 Å². The van der Waals surface area contributed by atoms with E-state index in [1.54, 1.807) is 0 Å². The predicted octanol–water partition coefficient (Wildman–Crippen LogP) is 16.6. The van der Waals surface area contributed by atoms with E-state index in [-0.39, 0.29) is 0 Å². The highest BCUT2D eigenvalue weighted by atomic mass is 15.1. The summed E-state index contributed by atoms with van der Waals surface area (Å²) in [7, 11) is 0. The van der Waals surface area contributed by atoms with Crippen LogP contribution >= 0.6 is 0 Å². The second-order valence-corrected chi connectivity index (χ2v) is 17.8. The van der Waals surface area contributed by atoms with Crippen LogP contribution in [0.2, 0.25) is 0 Å². The Morgan fingerprint density at radius 2 is 0.797 bits per heavy atom. The van der Waals surface area contributed by atoms with Crippen LogP contribution in [0.3, 0.4) is 0 Å². The van der Waals surface area contributed by atoms with E-state index in [2.05, 4.69) is 216 Å².